The SMILES string of the molecule is CCCNC(C)c1nnnn1CC1(C2CC2)CC1. The van der Waals surface area contributed by atoms with Gasteiger partial charge in [0.2, 0.25) is 0 Å². The van der Waals surface area contributed by atoms with Gasteiger partial charge in [-0.05, 0) is 67.3 Å². The summed E-state index contributed by atoms with van der Waals surface area (Å²) in [5, 5.41) is 15.7. The summed E-state index contributed by atoms with van der Waals surface area (Å²) >= 11 is 0. The van der Waals surface area contributed by atoms with E-state index in [1.54, 1.807) is 0 Å². The first kappa shape index (κ1) is 12.1. The van der Waals surface area contributed by atoms with Crippen LogP contribution in [0, 0.1) is 11.3 Å². The third kappa shape index (κ3) is 2.28. The molecule has 0 aromatic carbocycles. The van der Waals surface area contributed by atoms with Crippen LogP contribution in [0.4, 0.5) is 0 Å². The highest BCUT2D eigenvalue weighted by Gasteiger charge is 2.54. The van der Waals surface area contributed by atoms with Crippen LogP contribution in [-0.4, -0.2) is 26.8 Å². The fraction of sp³-hybridized carbons (Fsp3) is 0.923. The van der Waals surface area contributed by atoms with Gasteiger partial charge in [0.1, 0.15) is 0 Å². The first-order valence-electron chi connectivity index (χ1n) is 7.24. The molecule has 2 aliphatic carbocycles. The summed E-state index contributed by atoms with van der Waals surface area (Å²) < 4.78 is 2.04. The largest absolute Gasteiger partial charge is 0.307 e. The molecule has 0 saturated heterocycles. The summed E-state index contributed by atoms with van der Waals surface area (Å²) in [7, 11) is 0. The molecule has 0 radical (unpaired) electrons. The Kier molecular flexibility index (Phi) is 3.09. The molecule has 0 spiro atoms. The predicted octanol–water partition coefficient (Wildman–Crippen LogP) is 1.92. The number of aromatic nitrogens is 4. The van der Waals surface area contributed by atoms with Gasteiger partial charge >= 0.3 is 0 Å². The fourth-order valence-corrected chi connectivity index (χ4v) is 2.94. The Labute approximate surface area is 108 Å². The number of hydrogen-bond acceptors (Lipinski definition) is 4. The van der Waals surface area contributed by atoms with Gasteiger partial charge in [-0.3, -0.25) is 0 Å². The third-order valence-corrected chi connectivity index (χ3v) is 4.45. The van der Waals surface area contributed by atoms with Crippen molar-refractivity contribution in [1.29, 1.82) is 0 Å². The van der Waals surface area contributed by atoms with Gasteiger partial charge in [0.05, 0.1) is 12.6 Å². The lowest BCUT2D eigenvalue weighted by Crippen LogP contribution is -2.25. The van der Waals surface area contributed by atoms with E-state index in [1.165, 1.54) is 25.7 Å². The zero-order chi connectivity index (χ0) is 12.6. The van der Waals surface area contributed by atoms with Crippen LogP contribution in [-0.2, 0) is 6.54 Å². The molecule has 5 nitrogen and oxygen atoms in total. The van der Waals surface area contributed by atoms with Crippen molar-refractivity contribution >= 4 is 0 Å². The van der Waals surface area contributed by atoms with E-state index in [4.69, 9.17) is 0 Å². The number of nitrogens with zero attached hydrogens (tertiary/aromatic N) is 4. The van der Waals surface area contributed by atoms with Crippen LogP contribution in [0.25, 0.3) is 0 Å². The maximum absolute atomic E-state index is 4.20. The molecular formula is C13H23N5. The Morgan fingerprint density at radius 3 is 2.83 bits per heavy atom. The summed E-state index contributed by atoms with van der Waals surface area (Å²) in [5.41, 5.74) is 0.550. The van der Waals surface area contributed by atoms with E-state index in [1.807, 2.05) is 4.68 Å². The van der Waals surface area contributed by atoms with Crippen LogP contribution in [0.2, 0.25) is 0 Å². The average Bonchev–Trinajstić information content (AvgIpc) is 3.25. The van der Waals surface area contributed by atoms with Crippen molar-refractivity contribution in [3.63, 3.8) is 0 Å². The van der Waals surface area contributed by atoms with E-state index >= 15 is 0 Å². The summed E-state index contributed by atoms with van der Waals surface area (Å²) in [6.07, 6.45) is 6.71. The van der Waals surface area contributed by atoms with Crippen molar-refractivity contribution in [2.24, 2.45) is 11.3 Å². The monoisotopic (exact) mass is 249 g/mol. The van der Waals surface area contributed by atoms with Gasteiger partial charge in [-0.1, -0.05) is 6.92 Å². The van der Waals surface area contributed by atoms with Crippen molar-refractivity contribution in [3.8, 4) is 0 Å². The number of nitrogens with one attached hydrogen (secondary N) is 1. The van der Waals surface area contributed by atoms with E-state index in [-0.39, 0.29) is 6.04 Å². The van der Waals surface area contributed by atoms with Crippen LogP contribution >= 0.6 is 0 Å². The number of rotatable bonds is 7. The van der Waals surface area contributed by atoms with Crippen molar-refractivity contribution in [2.45, 2.75) is 58.5 Å². The molecular weight excluding hydrogens is 226 g/mol. The lowest BCUT2D eigenvalue weighted by Gasteiger charge is -2.17. The highest BCUT2D eigenvalue weighted by atomic mass is 15.5. The third-order valence-electron chi connectivity index (χ3n) is 4.45. The summed E-state index contributed by atoms with van der Waals surface area (Å²) in [4.78, 5) is 0. The second kappa shape index (κ2) is 4.61. The second-order valence-corrected chi connectivity index (χ2v) is 6.01. The lowest BCUT2D eigenvalue weighted by molar-refractivity contribution is 0.332. The van der Waals surface area contributed by atoms with E-state index in [9.17, 15) is 0 Å². The Bertz CT molecular complexity index is 405. The highest BCUT2D eigenvalue weighted by Crippen LogP contribution is 2.62. The van der Waals surface area contributed by atoms with Gasteiger partial charge in [-0.2, -0.15) is 0 Å². The van der Waals surface area contributed by atoms with Crippen LogP contribution < -0.4 is 5.32 Å². The molecule has 5 heteroatoms. The van der Waals surface area contributed by atoms with Gasteiger partial charge in [-0.15, -0.1) is 5.10 Å². The molecule has 1 atom stereocenters. The van der Waals surface area contributed by atoms with Gasteiger partial charge in [-0.25, -0.2) is 4.68 Å². The van der Waals surface area contributed by atoms with Crippen molar-refractivity contribution < 1.29 is 0 Å². The van der Waals surface area contributed by atoms with E-state index in [0.29, 0.717) is 5.41 Å². The van der Waals surface area contributed by atoms with Crippen molar-refractivity contribution in [3.05, 3.63) is 5.82 Å². The first-order valence-corrected chi connectivity index (χ1v) is 7.24. The number of tetrazole rings is 1. The average molecular weight is 249 g/mol. The second-order valence-electron chi connectivity index (χ2n) is 6.01. The molecule has 0 amide bonds. The minimum absolute atomic E-state index is 0.245. The maximum atomic E-state index is 4.20. The van der Waals surface area contributed by atoms with E-state index in [0.717, 1.165) is 31.3 Å². The Morgan fingerprint density at radius 1 is 1.44 bits per heavy atom. The predicted molar refractivity (Wildman–Crippen MR) is 68.9 cm³/mol. The molecule has 100 valence electrons. The molecule has 2 fully saturated rings. The van der Waals surface area contributed by atoms with Crippen molar-refractivity contribution in [2.75, 3.05) is 6.54 Å². The Balaban J connectivity index is 1.67. The van der Waals surface area contributed by atoms with Crippen LogP contribution in [0.1, 0.15) is 57.8 Å². The standard InChI is InChI=1S/C13H23N5/c1-3-8-14-10(2)12-15-16-17-18(12)9-13(6-7-13)11-4-5-11/h10-11,14H,3-9H2,1-2H3. The fourth-order valence-electron chi connectivity index (χ4n) is 2.94. The summed E-state index contributed by atoms with van der Waals surface area (Å²) in [6.45, 7) is 6.36. The minimum atomic E-state index is 0.245. The molecule has 1 aromatic heterocycles. The molecule has 1 heterocycles. The Hall–Kier alpha value is -0.970. The van der Waals surface area contributed by atoms with Crippen LogP contribution in [0.5, 0.6) is 0 Å². The van der Waals surface area contributed by atoms with Crippen molar-refractivity contribution in [1.82, 2.24) is 25.5 Å². The molecule has 0 aliphatic heterocycles. The molecule has 2 aliphatic rings. The van der Waals surface area contributed by atoms with Crippen LogP contribution in [0.3, 0.4) is 0 Å². The first-order chi connectivity index (χ1) is 8.75. The van der Waals surface area contributed by atoms with E-state index < -0.39 is 0 Å². The van der Waals surface area contributed by atoms with Gasteiger partial charge in [0.15, 0.2) is 5.82 Å². The number of hydrogen-bond donors (Lipinski definition) is 1. The zero-order valence-corrected chi connectivity index (χ0v) is 11.4. The maximum Gasteiger partial charge on any atom is 0.167 e. The molecule has 1 N–H and O–H groups in total. The molecule has 1 unspecified atom stereocenters. The minimum Gasteiger partial charge on any atom is -0.307 e. The molecule has 2 saturated carbocycles. The topological polar surface area (TPSA) is 55.6 Å². The van der Waals surface area contributed by atoms with Gasteiger partial charge in [0.25, 0.3) is 0 Å². The van der Waals surface area contributed by atoms with E-state index in [2.05, 4.69) is 34.7 Å². The highest BCUT2D eigenvalue weighted by molar-refractivity contribution is 5.04. The smallest absolute Gasteiger partial charge is 0.167 e. The normalized spacial score (nSPS) is 23.0. The Morgan fingerprint density at radius 2 is 2.22 bits per heavy atom. The van der Waals surface area contributed by atoms with Crippen LogP contribution in [0.15, 0.2) is 0 Å². The van der Waals surface area contributed by atoms with Gasteiger partial charge in [0, 0.05) is 0 Å². The molecule has 0 bridgehead atoms. The summed E-state index contributed by atoms with van der Waals surface area (Å²) in [5.74, 6) is 1.95. The quantitative estimate of drug-likeness (QED) is 0.802. The zero-order valence-electron chi connectivity index (χ0n) is 11.4. The molecule has 18 heavy (non-hydrogen) atoms. The lowest BCUT2D eigenvalue weighted by atomic mass is 10.0. The molecule has 3 rings (SSSR count). The van der Waals surface area contributed by atoms with Gasteiger partial charge < -0.3 is 5.32 Å². The summed E-state index contributed by atoms with van der Waals surface area (Å²) in [6, 6.07) is 0.245. The molecule has 1 aromatic rings.